The van der Waals surface area contributed by atoms with Gasteiger partial charge in [-0.2, -0.15) is 5.10 Å². The Morgan fingerprint density at radius 3 is 2.96 bits per heavy atom. The van der Waals surface area contributed by atoms with Crippen molar-refractivity contribution >= 4 is 5.91 Å². The van der Waals surface area contributed by atoms with Crippen molar-refractivity contribution in [3.63, 3.8) is 0 Å². The molecule has 1 amide bonds. The molecule has 0 saturated carbocycles. The van der Waals surface area contributed by atoms with E-state index in [2.05, 4.69) is 10.2 Å². The summed E-state index contributed by atoms with van der Waals surface area (Å²) in [5, 5.41) is 16.1. The molecule has 1 fully saturated rings. The Hall–Kier alpha value is -2.41. The average Bonchev–Trinajstić information content (AvgIpc) is 3.24. The van der Waals surface area contributed by atoms with Crippen LogP contribution < -0.4 is 0 Å². The monoisotopic (exact) mass is 347 g/mol. The van der Waals surface area contributed by atoms with Gasteiger partial charge in [-0.15, -0.1) is 0 Å². The number of nitrogens with zero attached hydrogens (tertiary/aromatic N) is 2. The lowest BCUT2D eigenvalue weighted by Gasteiger charge is -2.23. The minimum atomic E-state index is -0.528. The second kappa shape index (κ2) is 7.65. The van der Waals surface area contributed by atoms with Crippen LogP contribution in [0.4, 0.5) is 4.39 Å². The van der Waals surface area contributed by atoms with Crippen molar-refractivity contribution in [1.29, 1.82) is 0 Å². The minimum absolute atomic E-state index is 0.129. The number of halogens is 1. The minimum Gasteiger partial charge on any atom is -0.508 e. The zero-order chi connectivity index (χ0) is 17.8. The van der Waals surface area contributed by atoms with Crippen LogP contribution in [0.25, 0.3) is 0 Å². The predicted octanol–water partition coefficient (Wildman–Crippen LogP) is 2.63. The molecule has 2 aromatic rings. The standard InChI is InChI=1S/C18H22FN3O3/c1-12-8-17(21-20-12)18(24)22(6-4-13-5-7-25-11-13)10-14-2-3-15(23)9-16(14)19/h2-3,8-9,13,23H,4-7,10-11H2,1H3,(H,20,21). The fraction of sp³-hybridized carbons (Fsp3) is 0.444. The van der Waals surface area contributed by atoms with E-state index in [0.29, 0.717) is 30.3 Å². The second-order valence-corrected chi connectivity index (χ2v) is 6.46. The second-order valence-electron chi connectivity index (χ2n) is 6.46. The first-order valence-corrected chi connectivity index (χ1v) is 8.39. The number of phenols is 1. The molecule has 1 unspecified atom stereocenters. The summed E-state index contributed by atoms with van der Waals surface area (Å²) in [6.45, 7) is 3.91. The van der Waals surface area contributed by atoms with Crippen molar-refractivity contribution in [2.24, 2.45) is 5.92 Å². The number of phenolic OH excluding ortho intramolecular Hbond substituents is 1. The summed E-state index contributed by atoms with van der Waals surface area (Å²) >= 11 is 0. The summed E-state index contributed by atoms with van der Waals surface area (Å²) in [6.07, 6.45) is 1.78. The highest BCUT2D eigenvalue weighted by atomic mass is 19.1. The van der Waals surface area contributed by atoms with Gasteiger partial charge >= 0.3 is 0 Å². The van der Waals surface area contributed by atoms with Gasteiger partial charge in [-0.3, -0.25) is 9.89 Å². The maximum atomic E-state index is 14.1. The summed E-state index contributed by atoms with van der Waals surface area (Å²) in [5.74, 6) is -0.484. The van der Waals surface area contributed by atoms with Gasteiger partial charge in [-0.1, -0.05) is 6.07 Å². The van der Waals surface area contributed by atoms with Crippen molar-refractivity contribution in [3.8, 4) is 5.75 Å². The van der Waals surface area contributed by atoms with E-state index in [1.807, 2.05) is 6.92 Å². The number of nitrogens with one attached hydrogen (secondary N) is 1. The predicted molar refractivity (Wildman–Crippen MR) is 89.7 cm³/mol. The maximum absolute atomic E-state index is 14.1. The molecule has 0 spiro atoms. The molecule has 1 atom stereocenters. The highest BCUT2D eigenvalue weighted by molar-refractivity contribution is 5.92. The number of carbonyl (C=O) groups excluding carboxylic acids is 1. The number of aromatic nitrogens is 2. The number of aromatic amines is 1. The molecule has 1 aliphatic rings. The van der Waals surface area contributed by atoms with Crippen molar-refractivity contribution < 1.29 is 19.0 Å². The van der Waals surface area contributed by atoms with E-state index >= 15 is 0 Å². The van der Waals surface area contributed by atoms with Gasteiger partial charge in [0.05, 0.1) is 0 Å². The third kappa shape index (κ3) is 4.36. The fourth-order valence-corrected chi connectivity index (χ4v) is 2.96. The first-order chi connectivity index (χ1) is 12.0. The molecule has 3 rings (SSSR count). The van der Waals surface area contributed by atoms with E-state index in [-0.39, 0.29) is 18.2 Å². The van der Waals surface area contributed by atoms with E-state index in [1.165, 1.54) is 12.1 Å². The molecular weight excluding hydrogens is 325 g/mol. The Bertz CT molecular complexity index is 741. The Morgan fingerprint density at radius 1 is 1.48 bits per heavy atom. The summed E-state index contributed by atoms with van der Waals surface area (Å²) in [6, 6.07) is 5.66. The number of carbonyl (C=O) groups is 1. The third-order valence-electron chi connectivity index (χ3n) is 4.44. The van der Waals surface area contributed by atoms with Crippen LogP contribution in [0, 0.1) is 18.7 Å². The lowest BCUT2D eigenvalue weighted by molar-refractivity contribution is 0.0722. The van der Waals surface area contributed by atoms with Crippen LogP contribution in [0.5, 0.6) is 5.75 Å². The van der Waals surface area contributed by atoms with Gasteiger partial charge in [0.25, 0.3) is 5.91 Å². The van der Waals surface area contributed by atoms with Crippen LogP contribution in [0.1, 0.15) is 34.6 Å². The zero-order valence-electron chi connectivity index (χ0n) is 14.2. The summed E-state index contributed by atoms with van der Waals surface area (Å²) in [7, 11) is 0. The lowest BCUT2D eigenvalue weighted by Crippen LogP contribution is -2.33. The molecule has 1 aromatic heterocycles. The van der Waals surface area contributed by atoms with Gasteiger partial charge in [0, 0.05) is 43.6 Å². The molecule has 134 valence electrons. The number of aromatic hydroxyl groups is 1. The van der Waals surface area contributed by atoms with Gasteiger partial charge in [0.15, 0.2) is 0 Å². The summed E-state index contributed by atoms with van der Waals surface area (Å²) in [4.78, 5) is 14.4. The van der Waals surface area contributed by atoms with Gasteiger partial charge in [0.2, 0.25) is 0 Å². The number of ether oxygens (including phenoxy) is 1. The van der Waals surface area contributed by atoms with Crippen molar-refractivity contribution in [2.45, 2.75) is 26.3 Å². The quantitative estimate of drug-likeness (QED) is 0.842. The van der Waals surface area contributed by atoms with Crippen LogP contribution in [0.2, 0.25) is 0 Å². The van der Waals surface area contributed by atoms with E-state index in [1.54, 1.807) is 11.0 Å². The normalized spacial score (nSPS) is 17.0. The van der Waals surface area contributed by atoms with Crippen LogP contribution >= 0.6 is 0 Å². The Labute approximate surface area is 145 Å². The topological polar surface area (TPSA) is 78.5 Å². The van der Waals surface area contributed by atoms with Crippen molar-refractivity contribution in [2.75, 3.05) is 19.8 Å². The first-order valence-electron chi connectivity index (χ1n) is 8.39. The molecule has 2 N–H and O–H groups in total. The molecule has 2 heterocycles. The Morgan fingerprint density at radius 2 is 2.32 bits per heavy atom. The first kappa shape index (κ1) is 17.4. The number of benzene rings is 1. The lowest BCUT2D eigenvalue weighted by atomic mass is 10.0. The number of hydrogen-bond donors (Lipinski definition) is 2. The van der Waals surface area contributed by atoms with E-state index in [9.17, 15) is 14.3 Å². The van der Waals surface area contributed by atoms with E-state index < -0.39 is 5.82 Å². The highest BCUT2D eigenvalue weighted by Crippen LogP contribution is 2.21. The molecule has 7 heteroatoms. The van der Waals surface area contributed by atoms with Crippen LogP contribution in [0.15, 0.2) is 24.3 Å². The van der Waals surface area contributed by atoms with E-state index in [4.69, 9.17) is 4.74 Å². The molecular formula is C18H22FN3O3. The number of aryl methyl sites for hydroxylation is 1. The Balaban J connectivity index is 1.76. The smallest absolute Gasteiger partial charge is 0.274 e. The zero-order valence-corrected chi connectivity index (χ0v) is 14.2. The van der Waals surface area contributed by atoms with Crippen molar-refractivity contribution in [1.82, 2.24) is 15.1 Å². The number of rotatable bonds is 6. The number of hydrogen-bond acceptors (Lipinski definition) is 4. The fourth-order valence-electron chi connectivity index (χ4n) is 2.96. The maximum Gasteiger partial charge on any atom is 0.274 e. The van der Waals surface area contributed by atoms with Gasteiger partial charge in [0.1, 0.15) is 17.3 Å². The highest BCUT2D eigenvalue weighted by Gasteiger charge is 2.23. The average molecular weight is 347 g/mol. The molecule has 0 aliphatic carbocycles. The van der Waals surface area contributed by atoms with Gasteiger partial charge in [-0.25, -0.2) is 4.39 Å². The third-order valence-corrected chi connectivity index (χ3v) is 4.44. The summed E-state index contributed by atoms with van der Waals surface area (Å²) in [5.41, 5.74) is 1.48. The molecule has 1 aromatic carbocycles. The Kier molecular flexibility index (Phi) is 5.33. The number of amides is 1. The van der Waals surface area contributed by atoms with Crippen molar-refractivity contribution in [3.05, 3.63) is 47.0 Å². The summed E-state index contributed by atoms with van der Waals surface area (Å²) < 4.78 is 19.5. The molecule has 25 heavy (non-hydrogen) atoms. The van der Waals surface area contributed by atoms with Gasteiger partial charge < -0.3 is 14.7 Å². The van der Waals surface area contributed by atoms with Gasteiger partial charge in [-0.05, 0) is 37.8 Å². The molecule has 0 radical (unpaired) electrons. The van der Waals surface area contributed by atoms with Crippen LogP contribution in [0.3, 0.4) is 0 Å². The number of H-pyrrole nitrogens is 1. The molecule has 1 aliphatic heterocycles. The largest absolute Gasteiger partial charge is 0.508 e. The van der Waals surface area contributed by atoms with Crippen LogP contribution in [-0.2, 0) is 11.3 Å². The molecule has 6 nitrogen and oxygen atoms in total. The SMILES string of the molecule is Cc1cc(C(=O)N(CCC2CCOC2)Cc2ccc(O)cc2F)n[nH]1. The molecule has 0 bridgehead atoms. The van der Waals surface area contributed by atoms with E-state index in [0.717, 1.165) is 31.2 Å². The van der Waals surface area contributed by atoms with Crippen LogP contribution in [-0.4, -0.2) is 45.9 Å². The molecule has 1 saturated heterocycles.